The van der Waals surface area contributed by atoms with E-state index in [4.69, 9.17) is 6.57 Å². The molecule has 0 saturated carbocycles. The van der Waals surface area contributed by atoms with Crippen LogP contribution in [-0.4, -0.2) is 9.78 Å². The largest absolute Gasteiger partial charge is 0.362 e. The number of rotatable bonds is 1. The number of nitrogens with zero attached hydrogens (tertiary/aromatic N) is 3. The molecule has 18 heavy (non-hydrogen) atoms. The summed E-state index contributed by atoms with van der Waals surface area (Å²) >= 11 is 0. The first-order chi connectivity index (χ1) is 8.41. The highest BCUT2D eigenvalue weighted by atomic mass is 15.3. The molecule has 0 aliphatic heterocycles. The van der Waals surface area contributed by atoms with Gasteiger partial charge in [-0.15, -0.1) is 5.10 Å². The lowest BCUT2D eigenvalue weighted by Crippen LogP contribution is -2.12. The van der Waals surface area contributed by atoms with Crippen molar-refractivity contribution in [1.82, 2.24) is 9.78 Å². The fraction of sp³-hybridized carbons (Fsp3) is 0.333. The van der Waals surface area contributed by atoms with Gasteiger partial charge in [-0.25, -0.2) is 0 Å². The highest BCUT2D eigenvalue weighted by Gasteiger charge is 2.21. The van der Waals surface area contributed by atoms with Crippen LogP contribution in [0.2, 0.25) is 0 Å². The summed E-state index contributed by atoms with van der Waals surface area (Å²) in [4.78, 5) is 3.55. The van der Waals surface area contributed by atoms with Crippen LogP contribution in [0.4, 0.5) is 5.82 Å². The Kier molecular flexibility index (Phi) is 2.96. The summed E-state index contributed by atoms with van der Waals surface area (Å²) in [6.07, 6.45) is 0. The molecule has 0 unspecified atom stereocenters. The molecule has 0 radical (unpaired) electrons. The van der Waals surface area contributed by atoms with Crippen molar-refractivity contribution < 1.29 is 0 Å². The minimum absolute atomic E-state index is 0.0462. The van der Waals surface area contributed by atoms with Crippen LogP contribution in [-0.2, 0) is 5.41 Å². The molecule has 1 aromatic heterocycles. The molecule has 0 bridgehead atoms. The Hall–Kier alpha value is -2.08. The molecule has 2 rings (SSSR count). The van der Waals surface area contributed by atoms with Crippen molar-refractivity contribution in [3.8, 4) is 5.69 Å². The average Bonchev–Trinajstić information content (AvgIpc) is 2.73. The molecule has 0 atom stereocenters. The molecular formula is C15H17N3. The Morgan fingerprint density at radius 1 is 1.17 bits per heavy atom. The van der Waals surface area contributed by atoms with E-state index in [1.807, 2.05) is 37.3 Å². The Bertz CT molecular complexity index is 592. The third-order valence-electron chi connectivity index (χ3n) is 2.85. The summed E-state index contributed by atoms with van der Waals surface area (Å²) in [5.41, 5.74) is 3.03. The first kappa shape index (κ1) is 12.4. The van der Waals surface area contributed by atoms with E-state index in [2.05, 4.69) is 30.7 Å². The zero-order valence-corrected chi connectivity index (χ0v) is 11.2. The van der Waals surface area contributed by atoms with Crippen LogP contribution in [0.25, 0.3) is 10.5 Å². The fourth-order valence-electron chi connectivity index (χ4n) is 1.69. The van der Waals surface area contributed by atoms with Crippen LogP contribution >= 0.6 is 0 Å². The van der Waals surface area contributed by atoms with Crippen molar-refractivity contribution in [2.75, 3.05) is 0 Å². The highest BCUT2D eigenvalue weighted by Crippen LogP contribution is 2.27. The van der Waals surface area contributed by atoms with E-state index in [1.54, 1.807) is 4.68 Å². The zero-order valence-electron chi connectivity index (χ0n) is 11.2. The van der Waals surface area contributed by atoms with Gasteiger partial charge in [0.2, 0.25) is 0 Å². The molecule has 0 saturated heterocycles. The number of hydrogen-bond acceptors (Lipinski definition) is 1. The minimum Gasteiger partial charge on any atom is -0.362 e. The number of aryl methyl sites for hydroxylation is 1. The third-order valence-corrected chi connectivity index (χ3v) is 2.85. The molecule has 0 aliphatic carbocycles. The first-order valence-corrected chi connectivity index (χ1v) is 5.97. The van der Waals surface area contributed by atoms with Gasteiger partial charge in [0.1, 0.15) is 5.69 Å². The maximum absolute atomic E-state index is 7.26. The summed E-state index contributed by atoms with van der Waals surface area (Å²) in [6.45, 7) is 15.6. The monoisotopic (exact) mass is 239 g/mol. The lowest BCUT2D eigenvalue weighted by Gasteiger charge is -2.13. The van der Waals surface area contributed by atoms with E-state index in [1.165, 1.54) is 5.56 Å². The van der Waals surface area contributed by atoms with Crippen LogP contribution in [0.3, 0.4) is 0 Å². The lowest BCUT2D eigenvalue weighted by molar-refractivity contribution is 0.560. The summed E-state index contributed by atoms with van der Waals surface area (Å²) in [6, 6.07) is 9.91. The van der Waals surface area contributed by atoms with Gasteiger partial charge in [0.05, 0.1) is 5.69 Å². The average molecular weight is 239 g/mol. The van der Waals surface area contributed by atoms with E-state index in [0.29, 0.717) is 5.82 Å². The van der Waals surface area contributed by atoms with Gasteiger partial charge in [0.25, 0.3) is 5.82 Å². The molecule has 0 fully saturated rings. The minimum atomic E-state index is -0.0462. The van der Waals surface area contributed by atoms with Crippen LogP contribution < -0.4 is 0 Å². The summed E-state index contributed by atoms with van der Waals surface area (Å²) in [5.74, 6) is 0.559. The second-order valence-corrected chi connectivity index (χ2v) is 5.50. The summed E-state index contributed by atoms with van der Waals surface area (Å²) in [7, 11) is 0. The van der Waals surface area contributed by atoms with Crippen molar-refractivity contribution in [1.29, 1.82) is 0 Å². The molecule has 0 amide bonds. The van der Waals surface area contributed by atoms with Crippen molar-refractivity contribution in [2.45, 2.75) is 33.1 Å². The van der Waals surface area contributed by atoms with Gasteiger partial charge in [-0.05, 0) is 25.1 Å². The molecule has 0 aliphatic rings. The van der Waals surface area contributed by atoms with Gasteiger partial charge < -0.3 is 4.85 Å². The second kappa shape index (κ2) is 4.30. The Labute approximate surface area is 108 Å². The highest BCUT2D eigenvalue weighted by molar-refractivity contribution is 5.48. The van der Waals surface area contributed by atoms with E-state index in [9.17, 15) is 0 Å². The zero-order chi connectivity index (χ0) is 13.3. The second-order valence-electron chi connectivity index (χ2n) is 5.50. The van der Waals surface area contributed by atoms with E-state index in [-0.39, 0.29) is 5.41 Å². The number of hydrogen-bond donors (Lipinski definition) is 0. The van der Waals surface area contributed by atoms with Gasteiger partial charge in [-0.1, -0.05) is 45.0 Å². The van der Waals surface area contributed by atoms with Gasteiger partial charge in [-0.3, -0.25) is 0 Å². The Morgan fingerprint density at radius 2 is 1.78 bits per heavy atom. The first-order valence-electron chi connectivity index (χ1n) is 5.97. The van der Waals surface area contributed by atoms with Gasteiger partial charge in [0, 0.05) is 5.41 Å². The third kappa shape index (κ3) is 2.28. The number of aromatic nitrogens is 2. The molecule has 1 heterocycles. The molecule has 0 N–H and O–H groups in total. The smallest absolute Gasteiger partial charge is 0.257 e. The van der Waals surface area contributed by atoms with Crippen molar-refractivity contribution in [3.05, 3.63) is 53.0 Å². The SMILES string of the molecule is [C-]#[N+]c1cc(C(C)(C)C)nn1-c1ccc(C)cc1. The van der Waals surface area contributed by atoms with Crippen molar-refractivity contribution in [2.24, 2.45) is 0 Å². The van der Waals surface area contributed by atoms with Gasteiger partial charge >= 0.3 is 0 Å². The van der Waals surface area contributed by atoms with E-state index < -0.39 is 0 Å². The fourth-order valence-corrected chi connectivity index (χ4v) is 1.69. The molecular weight excluding hydrogens is 222 g/mol. The Morgan fingerprint density at radius 3 is 2.28 bits per heavy atom. The molecule has 92 valence electrons. The van der Waals surface area contributed by atoms with E-state index >= 15 is 0 Å². The maximum atomic E-state index is 7.26. The van der Waals surface area contributed by atoms with E-state index in [0.717, 1.165) is 11.4 Å². The molecule has 0 spiro atoms. The van der Waals surface area contributed by atoms with Crippen LogP contribution in [0.1, 0.15) is 32.0 Å². The van der Waals surface area contributed by atoms with Crippen LogP contribution in [0.5, 0.6) is 0 Å². The Balaban J connectivity index is 2.54. The maximum Gasteiger partial charge on any atom is 0.257 e. The van der Waals surface area contributed by atoms with Gasteiger partial charge in [-0.2, -0.15) is 4.68 Å². The quantitative estimate of drug-likeness (QED) is 0.689. The van der Waals surface area contributed by atoms with Gasteiger partial charge in [0.15, 0.2) is 0 Å². The van der Waals surface area contributed by atoms with Crippen molar-refractivity contribution in [3.63, 3.8) is 0 Å². The topological polar surface area (TPSA) is 22.2 Å². The molecule has 1 aromatic carbocycles. The lowest BCUT2D eigenvalue weighted by atomic mass is 9.92. The summed E-state index contributed by atoms with van der Waals surface area (Å²) < 4.78 is 1.72. The molecule has 3 heteroatoms. The predicted octanol–water partition coefficient (Wildman–Crippen LogP) is 4.03. The number of benzene rings is 1. The van der Waals surface area contributed by atoms with Crippen LogP contribution in [0.15, 0.2) is 30.3 Å². The summed E-state index contributed by atoms with van der Waals surface area (Å²) in [5, 5.41) is 4.56. The normalized spacial score (nSPS) is 11.3. The van der Waals surface area contributed by atoms with Crippen LogP contribution in [0, 0.1) is 13.5 Å². The predicted molar refractivity (Wildman–Crippen MR) is 73.3 cm³/mol. The van der Waals surface area contributed by atoms with Crippen molar-refractivity contribution >= 4 is 5.82 Å². The molecule has 2 aromatic rings. The molecule has 3 nitrogen and oxygen atoms in total. The standard InChI is InChI=1S/C15H17N3/c1-11-6-8-12(9-7-11)18-14(16-5)10-13(17-18)15(2,3)4/h6-10H,1-4H3.